The topological polar surface area (TPSA) is 126 Å². The van der Waals surface area contributed by atoms with Gasteiger partial charge < -0.3 is 15.5 Å². The molecule has 0 aliphatic heterocycles. The Bertz CT molecular complexity index is 504. The van der Waals surface area contributed by atoms with E-state index in [9.17, 15) is 20.0 Å². The number of carboxylic acids is 1. The van der Waals surface area contributed by atoms with E-state index in [1.54, 1.807) is 0 Å². The van der Waals surface area contributed by atoms with Crippen LogP contribution in [0.4, 0.5) is 11.5 Å². The summed E-state index contributed by atoms with van der Waals surface area (Å²) in [6, 6.07) is 2.14. The van der Waals surface area contributed by atoms with Crippen molar-refractivity contribution in [1.82, 2.24) is 4.98 Å². The molecule has 0 aliphatic rings. The second kappa shape index (κ2) is 6.80. The van der Waals surface area contributed by atoms with Gasteiger partial charge in [-0.2, -0.15) is 0 Å². The lowest BCUT2D eigenvalue weighted by Gasteiger charge is -2.14. The summed E-state index contributed by atoms with van der Waals surface area (Å²) >= 11 is 0. The second-order valence-electron chi connectivity index (χ2n) is 4.79. The summed E-state index contributed by atoms with van der Waals surface area (Å²) in [4.78, 5) is 24.7. The molecule has 20 heavy (non-hydrogen) atoms. The quantitative estimate of drug-likeness (QED) is 0.511. The number of rotatable bonds is 7. The first-order valence-corrected chi connectivity index (χ1v) is 6.12. The van der Waals surface area contributed by atoms with Gasteiger partial charge in [-0.3, -0.25) is 10.1 Å². The Morgan fingerprint density at radius 2 is 2.15 bits per heavy atom. The van der Waals surface area contributed by atoms with Crippen molar-refractivity contribution in [3.8, 4) is 0 Å². The summed E-state index contributed by atoms with van der Waals surface area (Å²) < 4.78 is 0. The summed E-state index contributed by atoms with van der Waals surface area (Å²) in [5, 5.41) is 32.0. The fourth-order valence-corrected chi connectivity index (χ4v) is 1.69. The second-order valence-corrected chi connectivity index (χ2v) is 4.79. The van der Waals surface area contributed by atoms with Gasteiger partial charge in [0, 0.05) is 12.6 Å². The van der Waals surface area contributed by atoms with Crippen LogP contribution in [0.5, 0.6) is 0 Å². The largest absolute Gasteiger partial charge is 0.477 e. The number of nitro groups is 1. The van der Waals surface area contributed by atoms with Crippen molar-refractivity contribution in [3.05, 3.63) is 27.9 Å². The summed E-state index contributed by atoms with van der Waals surface area (Å²) in [5.74, 6) is -1.15. The SMILES string of the molecule is CC(C)CC(O)CNc1nc(C(=O)O)ccc1[N+](=O)[O-]. The molecule has 8 heteroatoms. The normalized spacial score (nSPS) is 12.2. The first-order valence-electron chi connectivity index (χ1n) is 6.12. The molecule has 1 unspecified atom stereocenters. The molecule has 0 saturated heterocycles. The summed E-state index contributed by atoms with van der Waals surface area (Å²) in [5.41, 5.74) is -0.622. The van der Waals surface area contributed by atoms with Gasteiger partial charge in [-0.1, -0.05) is 13.8 Å². The number of anilines is 1. The molecule has 3 N–H and O–H groups in total. The Hall–Kier alpha value is -2.22. The van der Waals surface area contributed by atoms with E-state index in [4.69, 9.17) is 5.11 Å². The molecule has 0 amide bonds. The van der Waals surface area contributed by atoms with Crippen LogP contribution in [0.2, 0.25) is 0 Å². The van der Waals surface area contributed by atoms with Crippen molar-refractivity contribution in [1.29, 1.82) is 0 Å². The van der Waals surface area contributed by atoms with E-state index < -0.39 is 17.0 Å². The lowest BCUT2D eigenvalue weighted by atomic mass is 10.1. The Morgan fingerprint density at radius 1 is 1.50 bits per heavy atom. The number of hydrogen-bond donors (Lipinski definition) is 3. The molecular formula is C12H17N3O5. The molecule has 8 nitrogen and oxygen atoms in total. The van der Waals surface area contributed by atoms with E-state index >= 15 is 0 Å². The third-order valence-corrected chi connectivity index (χ3v) is 2.54. The lowest BCUT2D eigenvalue weighted by Crippen LogP contribution is -2.22. The maximum Gasteiger partial charge on any atom is 0.354 e. The average molecular weight is 283 g/mol. The minimum atomic E-state index is -1.27. The van der Waals surface area contributed by atoms with Gasteiger partial charge in [-0.15, -0.1) is 0 Å². The van der Waals surface area contributed by atoms with Crippen LogP contribution in [0.1, 0.15) is 30.8 Å². The average Bonchev–Trinajstić information content (AvgIpc) is 2.34. The highest BCUT2D eigenvalue weighted by molar-refractivity contribution is 5.86. The third kappa shape index (κ3) is 4.47. The Kier molecular flexibility index (Phi) is 5.39. The number of carbonyl (C=O) groups is 1. The molecule has 1 aromatic rings. The number of nitrogens with zero attached hydrogens (tertiary/aromatic N) is 2. The van der Waals surface area contributed by atoms with Crippen LogP contribution in [0.25, 0.3) is 0 Å². The molecule has 1 atom stereocenters. The molecule has 1 aromatic heterocycles. The number of aromatic nitrogens is 1. The van der Waals surface area contributed by atoms with E-state index in [2.05, 4.69) is 10.3 Å². The highest BCUT2D eigenvalue weighted by Gasteiger charge is 2.19. The molecule has 1 rings (SSSR count). The van der Waals surface area contributed by atoms with Crippen LogP contribution in [-0.4, -0.2) is 38.7 Å². The fraction of sp³-hybridized carbons (Fsp3) is 0.500. The monoisotopic (exact) mass is 283 g/mol. The van der Waals surface area contributed by atoms with Gasteiger partial charge in [-0.05, 0) is 18.4 Å². The van der Waals surface area contributed by atoms with E-state index in [1.165, 1.54) is 0 Å². The van der Waals surface area contributed by atoms with Gasteiger partial charge in [0.05, 0.1) is 11.0 Å². The maximum atomic E-state index is 10.8. The van der Waals surface area contributed by atoms with Crippen LogP contribution >= 0.6 is 0 Å². The molecule has 0 aliphatic carbocycles. The van der Waals surface area contributed by atoms with Gasteiger partial charge in [0.1, 0.15) is 0 Å². The van der Waals surface area contributed by atoms with Crippen molar-refractivity contribution in [2.24, 2.45) is 5.92 Å². The van der Waals surface area contributed by atoms with Crippen LogP contribution in [0, 0.1) is 16.0 Å². The van der Waals surface area contributed by atoms with Crippen molar-refractivity contribution in [2.45, 2.75) is 26.4 Å². The van der Waals surface area contributed by atoms with E-state index in [1.807, 2.05) is 13.8 Å². The molecular weight excluding hydrogens is 266 g/mol. The van der Waals surface area contributed by atoms with Gasteiger partial charge >= 0.3 is 11.7 Å². The minimum Gasteiger partial charge on any atom is -0.477 e. The third-order valence-electron chi connectivity index (χ3n) is 2.54. The number of nitrogens with one attached hydrogen (secondary N) is 1. The molecule has 0 aromatic carbocycles. The molecule has 110 valence electrons. The summed E-state index contributed by atoms with van der Waals surface area (Å²) in [7, 11) is 0. The highest BCUT2D eigenvalue weighted by Crippen LogP contribution is 2.22. The predicted octanol–water partition coefficient (Wildman–Crippen LogP) is 1.51. The smallest absolute Gasteiger partial charge is 0.354 e. The molecule has 0 bridgehead atoms. The zero-order chi connectivity index (χ0) is 15.3. The van der Waals surface area contributed by atoms with Crippen molar-refractivity contribution in [3.63, 3.8) is 0 Å². The van der Waals surface area contributed by atoms with E-state index in [-0.39, 0.29) is 29.7 Å². The van der Waals surface area contributed by atoms with Crippen LogP contribution < -0.4 is 5.32 Å². The Morgan fingerprint density at radius 3 is 2.65 bits per heavy atom. The van der Waals surface area contributed by atoms with Crippen molar-refractivity contribution in [2.75, 3.05) is 11.9 Å². The van der Waals surface area contributed by atoms with Crippen LogP contribution in [-0.2, 0) is 0 Å². The fourth-order valence-electron chi connectivity index (χ4n) is 1.69. The number of pyridine rings is 1. The predicted molar refractivity (Wildman–Crippen MR) is 71.8 cm³/mol. The maximum absolute atomic E-state index is 10.8. The van der Waals surface area contributed by atoms with Gasteiger partial charge in [0.2, 0.25) is 5.82 Å². The Labute approximate surface area is 115 Å². The number of aliphatic hydroxyl groups excluding tert-OH is 1. The first kappa shape index (κ1) is 15.8. The van der Waals surface area contributed by atoms with E-state index in [0.29, 0.717) is 6.42 Å². The first-order chi connectivity index (χ1) is 9.31. The van der Waals surface area contributed by atoms with Crippen molar-refractivity contribution < 1.29 is 19.9 Å². The summed E-state index contributed by atoms with van der Waals surface area (Å²) in [6.07, 6.45) is -0.163. The zero-order valence-electron chi connectivity index (χ0n) is 11.2. The number of aromatic carboxylic acids is 1. The van der Waals surface area contributed by atoms with Crippen molar-refractivity contribution >= 4 is 17.5 Å². The molecule has 0 saturated carbocycles. The number of hydrogen-bond acceptors (Lipinski definition) is 6. The van der Waals surface area contributed by atoms with Gasteiger partial charge in [0.25, 0.3) is 0 Å². The number of carboxylic acid groups (broad SMARTS) is 1. The highest BCUT2D eigenvalue weighted by atomic mass is 16.6. The standard InChI is InChI=1S/C12H17N3O5/c1-7(2)5-8(16)6-13-11-10(15(19)20)4-3-9(14-11)12(17)18/h3-4,7-8,16H,5-6H2,1-2H3,(H,13,14)(H,17,18). The zero-order valence-corrected chi connectivity index (χ0v) is 11.2. The van der Waals surface area contributed by atoms with Gasteiger partial charge in [0.15, 0.2) is 5.69 Å². The molecule has 0 spiro atoms. The van der Waals surface area contributed by atoms with Gasteiger partial charge in [-0.25, -0.2) is 9.78 Å². The Balaban J connectivity index is 2.88. The molecule has 1 heterocycles. The lowest BCUT2D eigenvalue weighted by molar-refractivity contribution is -0.384. The number of aliphatic hydroxyl groups is 1. The van der Waals surface area contributed by atoms with Crippen LogP contribution in [0.3, 0.4) is 0 Å². The summed E-state index contributed by atoms with van der Waals surface area (Å²) in [6.45, 7) is 3.94. The van der Waals surface area contributed by atoms with E-state index in [0.717, 1.165) is 12.1 Å². The molecule has 0 radical (unpaired) electrons. The van der Waals surface area contributed by atoms with Crippen LogP contribution in [0.15, 0.2) is 12.1 Å². The minimum absolute atomic E-state index is 0.0646. The molecule has 0 fully saturated rings.